The Morgan fingerprint density at radius 3 is 2.68 bits per heavy atom. The maximum absolute atomic E-state index is 11.6. The van der Waals surface area contributed by atoms with Gasteiger partial charge in [-0.25, -0.2) is 4.79 Å². The lowest BCUT2D eigenvalue weighted by atomic mass is 10.1. The molecule has 0 spiro atoms. The molecular weight excluding hydrogens is 280 g/mol. The van der Waals surface area contributed by atoms with Crippen LogP contribution in [0.2, 0.25) is 0 Å². The Balaban J connectivity index is 1.85. The van der Waals surface area contributed by atoms with E-state index in [1.165, 1.54) is 18.2 Å². The predicted octanol–water partition coefficient (Wildman–Crippen LogP) is 3.55. The van der Waals surface area contributed by atoms with Crippen LogP contribution in [0.1, 0.15) is 34.0 Å². The van der Waals surface area contributed by atoms with Gasteiger partial charge in [-0.05, 0) is 42.2 Å². The lowest BCUT2D eigenvalue weighted by molar-refractivity contribution is 0.0600. The second-order valence-corrected chi connectivity index (χ2v) is 5.20. The molecule has 0 fully saturated rings. The number of benzene rings is 2. The average molecular weight is 298 g/mol. The van der Waals surface area contributed by atoms with Crippen molar-refractivity contribution in [1.82, 2.24) is 0 Å². The molecule has 114 valence electrons. The zero-order chi connectivity index (χ0) is 15.5. The second kappa shape index (κ2) is 6.10. The molecule has 0 N–H and O–H groups in total. The molecule has 0 amide bonds. The SMILES string of the molecule is COC(=O)c1ccc(OC2CCc3ccccc32)c(OC)c1. The highest BCUT2D eigenvalue weighted by molar-refractivity contribution is 5.90. The summed E-state index contributed by atoms with van der Waals surface area (Å²) in [4.78, 5) is 11.6. The maximum atomic E-state index is 11.6. The Hall–Kier alpha value is -2.49. The van der Waals surface area contributed by atoms with E-state index in [1.54, 1.807) is 25.3 Å². The number of esters is 1. The molecule has 0 bridgehead atoms. The van der Waals surface area contributed by atoms with E-state index in [0.29, 0.717) is 17.1 Å². The van der Waals surface area contributed by atoms with Gasteiger partial charge in [0.05, 0.1) is 19.8 Å². The van der Waals surface area contributed by atoms with E-state index in [9.17, 15) is 4.79 Å². The topological polar surface area (TPSA) is 44.8 Å². The lowest BCUT2D eigenvalue weighted by Gasteiger charge is -2.17. The van der Waals surface area contributed by atoms with Crippen LogP contribution in [0, 0.1) is 0 Å². The van der Waals surface area contributed by atoms with Crippen LogP contribution >= 0.6 is 0 Å². The molecule has 4 nitrogen and oxygen atoms in total. The second-order valence-electron chi connectivity index (χ2n) is 5.20. The quantitative estimate of drug-likeness (QED) is 0.810. The van der Waals surface area contributed by atoms with Gasteiger partial charge in [-0.3, -0.25) is 0 Å². The monoisotopic (exact) mass is 298 g/mol. The van der Waals surface area contributed by atoms with E-state index < -0.39 is 5.97 Å². The Labute approximate surface area is 129 Å². The molecule has 0 saturated carbocycles. The number of aryl methyl sites for hydroxylation is 1. The van der Waals surface area contributed by atoms with Gasteiger partial charge in [0.15, 0.2) is 11.5 Å². The molecule has 0 saturated heterocycles. The van der Waals surface area contributed by atoms with Crippen molar-refractivity contribution in [3.05, 3.63) is 59.2 Å². The molecule has 0 aliphatic heterocycles. The van der Waals surface area contributed by atoms with Crippen LogP contribution < -0.4 is 9.47 Å². The minimum absolute atomic E-state index is 0.0223. The fraction of sp³-hybridized carbons (Fsp3) is 0.278. The largest absolute Gasteiger partial charge is 0.493 e. The van der Waals surface area contributed by atoms with Crippen LogP contribution in [0.25, 0.3) is 0 Å². The van der Waals surface area contributed by atoms with Crippen molar-refractivity contribution >= 4 is 5.97 Å². The number of hydrogen-bond donors (Lipinski definition) is 0. The standard InChI is InChI=1S/C18H18O4/c1-20-17-11-13(18(19)21-2)8-10-16(17)22-15-9-7-12-5-3-4-6-14(12)15/h3-6,8,10-11,15H,7,9H2,1-2H3. The molecule has 3 rings (SSSR count). The predicted molar refractivity (Wildman–Crippen MR) is 82.5 cm³/mol. The molecule has 1 unspecified atom stereocenters. The molecule has 22 heavy (non-hydrogen) atoms. The van der Waals surface area contributed by atoms with Crippen molar-refractivity contribution < 1.29 is 19.0 Å². The molecule has 0 radical (unpaired) electrons. The summed E-state index contributed by atoms with van der Waals surface area (Å²) < 4.78 is 16.2. The Kier molecular flexibility index (Phi) is 4.00. The van der Waals surface area contributed by atoms with E-state index in [-0.39, 0.29) is 6.10 Å². The summed E-state index contributed by atoms with van der Waals surface area (Å²) in [6.45, 7) is 0. The van der Waals surface area contributed by atoms with Crippen molar-refractivity contribution in [3.8, 4) is 11.5 Å². The van der Waals surface area contributed by atoms with Gasteiger partial charge in [0.1, 0.15) is 6.10 Å². The van der Waals surface area contributed by atoms with Crippen LogP contribution in [0.15, 0.2) is 42.5 Å². The number of rotatable bonds is 4. The minimum Gasteiger partial charge on any atom is -0.493 e. The van der Waals surface area contributed by atoms with Crippen molar-refractivity contribution in [1.29, 1.82) is 0 Å². The van der Waals surface area contributed by atoms with E-state index in [0.717, 1.165) is 12.8 Å². The first kappa shape index (κ1) is 14.4. The van der Waals surface area contributed by atoms with Gasteiger partial charge in [-0.2, -0.15) is 0 Å². The summed E-state index contributed by atoms with van der Waals surface area (Å²) >= 11 is 0. The highest BCUT2D eigenvalue weighted by Crippen LogP contribution is 2.38. The Morgan fingerprint density at radius 2 is 1.91 bits per heavy atom. The van der Waals surface area contributed by atoms with Crippen LogP contribution in [0.5, 0.6) is 11.5 Å². The molecule has 2 aromatic carbocycles. The fourth-order valence-corrected chi connectivity index (χ4v) is 2.80. The first-order valence-electron chi connectivity index (χ1n) is 7.23. The Bertz CT molecular complexity index is 693. The highest BCUT2D eigenvalue weighted by Gasteiger charge is 2.24. The number of ether oxygens (including phenoxy) is 3. The van der Waals surface area contributed by atoms with Crippen LogP contribution in [-0.4, -0.2) is 20.2 Å². The zero-order valence-corrected chi connectivity index (χ0v) is 12.7. The maximum Gasteiger partial charge on any atom is 0.337 e. The van der Waals surface area contributed by atoms with E-state index in [4.69, 9.17) is 14.2 Å². The van der Waals surface area contributed by atoms with Crippen molar-refractivity contribution in [2.45, 2.75) is 18.9 Å². The molecule has 0 aromatic heterocycles. The number of fused-ring (bicyclic) bond motifs is 1. The van der Waals surface area contributed by atoms with Crippen molar-refractivity contribution in [2.24, 2.45) is 0 Å². The number of hydrogen-bond acceptors (Lipinski definition) is 4. The van der Waals surface area contributed by atoms with Gasteiger partial charge in [-0.15, -0.1) is 0 Å². The summed E-state index contributed by atoms with van der Waals surface area (Å²) in [7, 11) is 2.92. The smallest absolute Gasteiger partial charge is 0.337 e. The van der Waals surface area contributed by atoms with E-state index in [1.807, 2.05) is 12.1 Å². The molecule has 2 aromatic rings. The third kappa shape index (κ3) is 2.64. The van der Waals surface area contributed by atoms with Gasteiger partial charge in [0.2, 0.25) is 0 Å². The Morgan fingerprint density at radius 1 is 1.09 bits per heavy atom. The minimum atomic E-state index is -0.393. The van der Waals surface area contributed by atoms with Gasteiger partial charge in [0, 0.05) is 0 Å². The van der Waals surface area contributed by atoms with E-state index in [2.05, 4.69) is 12.1 Å². The fourth-order valence-electron chi connectivity index (χ4n) is 2.80. The number of methoxy groups -OCH3 is 2. The molecule has 1 aliphatic carbocycles. The summed E-state index contributed by atoms with van der Waals surface area (Å²) in [5, 5.41) is 0. The summed E-state index contributed by atoms with van der Waals surface area (Å²) in [5.41, 5.74) is 3.00. The first-order valence-corrected chi connectivity index (χ1v) is 7.23. The van der Waals surface area contributed by atoms with Gasteiger partial charge in [0.25, 0.3) is 0 Å². The summed E-state index contributed by atoms with van der Waals surface area (Å²) in [6, 6.07) is 13.4. The third-order valence-electron chi connectivity index (χ3n) is 3.93. The van der Waals surface area contributed by atoms with Gasteiger partial charge in [-0.1, -0.05) is 24.3 Å². The van der Waals surface area contributed by atoms with Crippen molar-refractivity contribution in [3.63, 3.8) is 0 Å². The number of carbonyl (C=O) groups excluding carboxylic acids is 1. The normalized spacial score (nSPS) is 16.0. The average Bonchev–Trinajstić information content (AvgIpc) is 2.97. The molecule has 1 aliphatic rings. The van der Waals surface area contributed by atoms with Gasteiger partial charge < -0.3 is 14.2 Å². The molecular formula is C18H18O4. The van der Waals surface area contributed by atoms with Crippen LogP contribution in [0.4, 0.5) is 0 Å². The van der Waals surface area contributed by atoms with Gasteiger partial charge >= 0.3 is 5.97 Å². The zero-order valence-electron chi connectivity index (χ0n) is 12.7. The highest BCUT2D eigenvalue weighted by atomic mass is 16.5. The lowest BCUT2D eigenvalue weighted by Crippen LogP contribution is -2.06. The summed E-state index contributed by atoms with van der Waals surface area (Å²) in [6.07, 6.45) is 1.99. The number of carbonyl (C=O) groups is 1. The van der Waals surface area contributed by atoms with E-state index >= 15 is 0 Å². The van der Waals surface area contributed by atoms with Crippen LogP contribution in [0.3, 0.4) is 0 Å². The molecule has 0 heterocycles. The third-order valence-corrected chi connectivity index (χ3v) is 3.93. The van der Waals surface area contributed by atoms with Crippen LogP contribution in [-0.2, 0) is 11.2 Å². The molecule has 1 atom stereocenters. The first-order chi connectivity index (χ1) is 10.7. The molecule has 4 heteroatoms. The summed E-state index contributed by atoms with van der Waals surface area (Å²) in [5.74, 6) is 0.778. The van der Waals surface area contributed by atoms with Crippen molar-refractivity contribution in [2.75, 3.05) is 14.2 Å².